The largest absolute Gasteiger partial charge is 0.446 e. The Kier molecular flexibility index (Phi) is 6.59. The molecule has 2 aromatic rings. The van der Waals surface area contributed by atoms with Crippen molar-refractivity contribution >= 4 is 34.7 Å². The van der Waals surface area contributed by atoms with Crippen LogP contribution in [0.5, 0.6) is 0 Å². The van der Waals surface area contributed by atoms with Gasteiger partial charge in [0.05, 0.1) is 16.3 Å². The number of benzene rings is 2. The van der Waals surface area contributed by atoms with Crippen molar-refractivity contribution < 1.29 is 22.7 Å². The normalized spacial score (nSPS) is 11.8. The Labute approximate surface area is 158 Å². The molecule has 0 heterocycles. The van der Waals surface area contributed by atoms with Crippen LogP contribution in [-0.4, -0.2) is 24.6 Å². The average molecular weight is 398 g/mol. The number of hydrogen-bond acceptors (Lipinski definition) is 5. The molecule has 0 aliphatic heterocycles. The zero-order valence-electron chi connectivity index (χ0n) is 13.8. The van der Waals surface area contributed by atoms with Crippen LogP contribution in [0.3, 0.4) is 0 Å². The zero-order chi connectivity index (χ0) is 20.0. The van der Waals surface area contributed by atoms with Crippen molar-refractivity contribution in [2.45, 2.75) is 6.18 Å². The maximum Gasteiger partial charge on any atom is 0.432 e. The molecule has 0 bridgehead atoms. The number of alkyl halides is 3. The van der Waals surface area contributed by atoms with Crippen LogP contribution in [0.2, 0.25) is 5.02 Å². The first-order valence-corrected chi connectivity index (χ1v) is 7.97. The number of ether oxygens (including phenoxy) is 1. The third kappa shape index (κ3) is 5.57. The molecule has 9 heteroatoms. The fourth-order valence-electron chi connectivity index (χ4n) is 2.07. The maximum absolute atomic E-state index is 12.8. The molecule has 2 aromatic carbocycles. The quantitative estimate of drug-likeness (QED) is 0.382. The van der Waals surface area contributed by atoms with E-state index in [0.29, 0.717) is 22.3 Å². The van der Waals surface area contributed by atoms with Gasteiger partial charge in [0.25, 0.3) is 0 Å². The molecule has 0 unspecified atom stereocenters. The molecule has 142 valence electrons. The number of carbonyl (C=O) groups excluding carboxylic acids is 1. The van der Waals surface area contributed by atoms with Gasteiger partial charge in [-0.15, -0.1) is 0 Å². The average Bonchev–Trinajstić information content (AvgIpc) is 2.62. The zero-order valence-corrected chi connectivity index (χ0v) is 14.6. The minimum Gasteiger partial charge on any atom is -0.446 e. The first-order chi connectivity index (χ1) is 12.7. The van der Waals surface area contributed by atoms with Crippen LogP contribution in [0, 0.1) is 5.41 Å². The lowest BCUT2D eigenvalue weighted by Crippen LogP contribution is -2.20. The van der Waals surface area contributed by atoms with Crippen LogP contribution < -0.4 is 11.1 Å². The summed E-state index contributed by atoms with van der Waals surface area (Å²) in [6.45, 7) is -0.289. The molecule has 0 amide bonds. The Morgan fingerprint density at radius 3 is 2.30 bits per heavy atom. The Morgan fingerprint density at radius 2 is 1.74 bits per heavy atom. The van der Waals surface area contributed by atoms with Gasteiger partial charge >= 0.3 is 12.1 Å². The number of allylic oxidation sites excluding steroid dienone is 1. The predicted molar refractivity (Wildman–Crippen MR) is 97.7 cm³/mol. The van der Waals surface area contributed by atoms with Crippen LogP contribution in [0.25, 0.3) is 5.70 Å². The summed E-state index contributed by atoms with van der Waals surface area (Å²) in [5, 5.41) is 10.3. The number of nitrogens with one attached hydrogen (secondary N) is 2. The second-order valence-corrected chi connectivity index (χ2v) is 5.66. The molecule has 0 saturated heterocycles. The van der Waals surface area contributed by atoms with Gasteiger partial charge in [-0.2, -0.15) is 13.2 Å². The van der Waals surface area contributed by atoms with Gasteiger partial charge < -0.3 is 10.1 Å². The highest BCUT2D eigenvalue weighted by molar-refractivity contribution is 6.33. The maximum atomic E-state index is 12.8. The number of halogens is 4. The van der Waals surface area contributed by atoms with E-state index in [1.165, 1.54) is 24.3 Å². The number of para-hydroxylation sites is 1. The van der Waals surface area contributed by atoms with E-state index in [-0.39, 0.29) is 18.0 Å². The third-order valence-corrected chi connectivity index (χ3v) is 3.71. The predicted octanol–water partition coefficient (Wildman–Crippen LogP) is 4.45. The van der Waals surface area contributed by atoms with Crippen molar-refractivity contribution in [2.75, 3.05) is 12.0 Å². The van der Waals surface area contributed by atoms with E-state index in [1.54, 1.807) is 24.3 Å². The summed E-state index contributed by atoms with van der Waals surface area (Å²) in [6, 6.07) is 12.1. The fourth-order valence-corrected chi connectivity index (χ4v) is 2.25. The molecule has 0 atom stereocenters. The molecule has 27 heavy (non-hydrogen) atoms. The Balaban J connectivity index is 2.40. The second kappa shape index (κ2) is 8.70. The summed E-state index contributed by atoms with van der Waals surface area (Å²) >= 11 is 6.05. The molecule has 0 fully saturated rings. The topological polar surface area (TPSA) is 88.2 Å². The highest BCUT2D eigenvalue weighted by Crippen LogP contribution is 2.27. The van der Waals surface area contributed by atoms with Gasteiger partial charge in [-0.1, -0.05) is 35.9 Å². The SMILES string of the molecule is N=C(/C=C(\Nc1ccccc1Cl)c1ccc(C(=O)OCN)cc1)C(F)(F)F. The summed E-state index contributed by atoms with van der Waals surface area (Å²) in [7, 11) is 0. The number of hydrogen-bond donors (Lipinski definition) is 3. The number of esters is 1. The minimum atomic E-state index is -4.81. The monoisotopic (exact) mass is 397 g/mol. The van der Waals surface area contributed by atoms with Crippen molar-refractivity contribution in [1.29, 1.82) is 5.41 Å². The summed E-state index contributed by atoms with van der Waals surface area (Å²) in [5.74, 6) is -0.656. The van der Waals surface area contributed by atoms with Gasteiger partial charge in [0.2, 0.25) is 0 Å². The van der Waals surface area contributed by atoms with Crippen LogP contribution in [0.1, 0.15) is 15.9 Å². The van der Waals surface area contributed by atoms with E-state index in [0.717, 1.165) is 0 Å². The molecule has 0 radical (unpaired) electrons. The standard InChI is InChI=1S/C18H15ClF3N3O2/c19-13-3-1-2-4-14(13)25-15(9-16(24)18(20,21)22)11-5-7-12(8-6-11)17(26)27-10-23/h1-9,24-25H,10,23H2/b15-9-,24-16?. The van der Waals surface area contributed by atoms with Gasteiger partial charge in [-0.25, -0.2) is 4.79 Å². The molecule has 2 rings (SSSR count). The lowest BCUT2D eigenvalue weighted by Gasteiger charge is -2.14. The van der Waals surface area contributed by atoms with E-state index in [4.69, 9.17) is 22.7 Å². The highest BCUT2D eigenvalue weighted by Gasteiger charge is 2.33. The highest BCUT2D eigenvalue weighted by atomic mass is 35.5. The van der Waals surface area contributed by atoms with Crippen LogP contribution in [0.4, 0.5) is 18.9 Å². The van der Waals surface area contributed by atoms with Gasteiger partial charge in [0, 0.05) is 5.70 Å². The molecule has 0 aromatic heterocycles. The summed E-state index contributed by atoms with van der Waals surface area (Å²) in [5.41, 5.74) is 4.46. The van der Waals surface area contributed by atoms with Gasteiger partial charge in [0.1, 0.15) is 12.4 Å². The summed E-state index contributed by atoms with van der Waals surface area (Å²) in [4.78, 5) is 11.6. The van der Waals surface area contributed by atoms with Gasteiger partial charge in [-0.05, 0) is 35.9 Å². The number of rotatable bonds is 6. The second-order valence-electron chi connectivity index (χ2n) is 5.25. The molecule has 0 saturated carbocycles. The Bertz CT molecular complexity index is 865. The van der Waals surface area contributed by atoms with E-state index in [9.17, 15) is 18.0 Å². The lowest BCUT2D eigenvalue weighted by molar-refractivity contribution is -0.0583. The van der Waals surface area contributed by atoms with Crippen molar-refractivity contribution in [3.05, 3.63) is 70.8 Å². The molecular formula is C18H15ClF3N3O2. The molecule has 0 spiro atoms. The van der Waals surface area contributed by atoms with Crippen LogP contribution in [0.15, 0.2) is 54.6 Å². The molecular weight excluding hydrogens is 383 g/mol. The molecule has 0 aliphatic rings. The molecule has 5 nitrogen and oxygen atoms in total. The molecule has 0 aliphatic carbocycles. The van der Waals surface area contributed by atoms with Crippen LogP contribution >= 0.6 is 11.6 Å². The van der Waals surface area contributed by atoms with Crippen molar-refractivity contribution in [1.82, 2.24) is 0 Å². The van der Waals surface area contributed by atoms with Gasteiger partial charge in [-0.3, -0.25) is 11.1 Å². The van der Waals surface area contributed by atoms with E-state index < -0.39 is 17.9 Å². The number of anilines is 1. The minimum absolute atomic E-state index is 0.0100. The van der Waals surface area contributed by atoms with Gasteiger partial charge in [0.15, 0.2) is 0 Å². The van der Waals surface area contributed by atoms with Crippen molar-refractivity contribution in [3.8, 4) is 0 Å². The van der Waals surface area contributed by atoms with E-state index in [2.05, 4.69) is 10.1 Å². The Morgan fingerprint density at radius 1 is 1.15 bits per heavy atom. The van der Waals surface area contributed by atoms with Crippen LogP contribution in [-0.2, 0) is 4.74 Å². The lowest BCUT2D eigenvalue weighted by atomic mass is 10.1. The first kappa shape index (κ1) is 20.5. The third-order valence-electron chi connectivity index (χ3n) is 3.38. The molecule has 4 N–H and O–H groups in total. The fraction of sp³-hybridized carbons (Fsp3) is 0.111. The summed E-state index contributed by atoms with van der Waals surface area (Å²) < 4.78 is 43.1. The first-order valence-electron chi connectivity index (χ1n) is 7.59. The van der Waals surface area contributed by atoms with E-state index in [1.807, 2.05) is 0 Å². The van der Waals surface area contributed by atoms with Crippen molar-refractivity contribution in [2.24, 2.45) is 5.73 Å². The smallest absolute Gasteiger partial charge is 0.432 e. The van der Waals surface area contributed by atoms with Crippen molar-refractivity contribution in [3.63, 3.8) is 0 Å². The Hall–Kier alpha value is -2.84. The number of carbonyl (C=O) groups is 1. The number of nitrogens with two attached hydrogens (primary N) is 1. The van der Waals surface area contributed by atoms with E-state index >= 15 is 0 Å². The summed E-state index contributed by atoms with van der Waals surface area (Å²) in [6.07, 6.45) is -4.16.